The van der Waals surface area contributed by atoms with E-state index in [0.29, 0.717) is 22.8 Å². The van der Waals surface area contributed by atoms with Gasteiger partial charge in [0.15, 0.2) is 0 Å². The van der Waals surface area contributed by atoms with Crippen molar-refractivity contribution in [2.75, 3.05) is 0 Å². The van der Waals surface area contributed by atoms with Gasteiger partial charge in [-0.2, -0.15) is 0 Å². The summed E-state index contributed by atoms with van der Waals surface area (Å²) in [6.45, 7) is 9.61. The third-order valence-corrected chi connectivity index (χ3v) is 8.73. The fraction of sp³-hybridized carbons (Fsp3) is 0.536. The maximum Gasteiger partial charge on any atom is 0.335 e. The van der Waals surface area contributed by atoms with Gasteiger partial charge in [-0.15, -0.1) is 0 Å². The molecule has 158 valence electrons. The van der Waals surface area contributed by atoms with E-state index in [1.807, 2.05) is 0 Å². The van der Waals surface area contributed by atoms with E-state index in [2.05, 4.69) is 58.0 Å². The second-order valence-corrected chi connectivity index (χ2v) is 11.5. The highest BCUT2D eigenvalue weighted by Crippen LogP contribution is 2.69. The van der Waals surface area contributed by atoms with Crippen molar-refractivity contribution in [2.24, 2.45) is 5.41 Å². The summed E-state index contributed by atoms with van der Waals surface area (Å²) >= 11 is 0. The first kappa shape index (κ1) is 19.8. The Morgan fingerprint density at radius 1 is 0.800 bits per heavy atom. The van der Waals surface area contributed by atoms with Crippen LogP contribution in [0.25, 0.3) is 0 Å². The molecule has 5 rings (SSSR count). The molecule has 0 heterocycles. The van der Waals surface area contributed by atoms with Crippen LogP contribution in [0.1, 0.15) is 111 Å². The number of carbonyl (C=O) groups is 1. The van der Waals surface area contributed by atoms with Gasteiger partial charge in [-0.1, -0.05) is 58.0 Å². The maximum absolute atomic E-state index is 11.3. The lowest BCUT2D eigenvalue weighted by Gasteiger charge is -2.42. The van der Waals surface area contributed by atoms with Crippen LogP contribution in [0.2, 0.25) is 0 Å². The highest BCUT2D eigenvalue weighted by atomic mass is 16.4. The van der Waals surface area contributed by atoms with Crippen LogP contribution in [0.4, 0.5) is 0 Å². The molecule has 2 saturated carbocycles. The molecule has 2 heteroatoms. The predicted octanol–water partition coefficient (Wildman–Crippen LogP) is 7.18. The summed E-state index contributed by atoms with van der Waals surface area (Å²) in [5.41, 5.74) is 7.25. The van der Waals surface area contributed by atoms with E-state index < -0.39 is 5.97 Å². The molecule has 2 unspecified atom stereocenters. The summed E-state index contributed by atoms with van der Waals surface area (Å²) in [4.78, 5) is 11.3. The van der Waals surface area contributed by atoms with Gasteiger partial charge < -0.3 is 5.11 Å². The van der Waals surface area contributed by atoms with Gasteiger partial charge in [0.2, 0.25) is 0 Å². The first-order valence-corrected chi connectivity index (χ1v) is 11.6. The third-order valence-electron chi connectivity index (χ3n) is 8.73. The van der Waals surface area contributed by atoms with E-state index in [9.17, 15) is 9.90 Å². The summed E-state index contributed by atoms with van der Waals surface area (Å²) in [6, 6.07) is 15.1. The zero-order valence-corrected chi connectivity index (χ0v) is 18.8. The summed E-state index contributed by atoms with van der Waals surface area (Å²) in [5, 5.41) is 9.27. The molecule has 2 aromatic carbocycles. The molecule has 0 amide bonds. The minimum atomic E-state index is -0.845. The number of rotatable bonds is 3. The van der Waals surface area contributed by atoms with Crippen LogP contribution in [-0.2, 0) is 10.8 Å². The quantitative estimate of drug-likeness (QED) is 0.590. The minimum Gasteiger partial charge on any atom is -0.478 e. The molecule has 0 saturated heterocycles. The van der Waals surface area contributed by atoms with Crippen LogP contribution in [0.3, 0.4) is 0 Å². The van der Waals surface area contributed by atoms with Crippen molar-refractivity contribution in [3.05, 3.63) is 70.3 Å². The molecule has 2 aromatic rings. The van der Waals surface area contributed by atoms with E-state index in [4.69, 9.17) is 0 Å². The van der Waals surface area contributed by atoms with Crippen molar-refractivity contribution >= 4 is 5.97 Å². The van der Waals surface area contributed by atoms with Gasteiger partial charge in [-0.05, 0) is 101 Å². The number of benzene rings is 2. The smallest absolute Gasteiger partial charge is 0.335 e. The molecule has 0 aromatic heterocycles. The summed E-state index contributed by atoms with van der Waals surface area (Å²) in [6.07, 6.45) is 7.68. The van der Waals surface area contributed by atoms with E-state index in [-0.39, 0.29) is 10.8 Å². The van der Waals surface area contributed by atoms with Gasteiger partial charge in [-0.25, -0.2) is 4.79 Å². The first-order valence-electron chi connectivity index (χ1n) is 11.6. The van der Waals surface area contributed by atoms with Gasteiger partial charge in [0, 0.05) is 0 Å². The van der Waals surface area contributed by atoms with E-state index in [1.165, 1.54) is 55.2 Å². The Morgan fingerprint density at radius 3 is 2.00 bits per heavy atom. The number of hydrogen-bond donors (Lipinski definition) is 1. The zero-order valence-electron chi connectivity index (χ0n) is 18.8. The Hall–Kier alpha value is -2.09. The average molecular weight is 403 g/mol. The van der Waals surface area contributed by atoms with Crippen LogP contribution < -0.4 is 0 Å². The highest BCUT2D eigenvalue weighted by Gasteiger charge is 2.56. The van der Waals surface area contributed by atoms with E-state index in [0.717, 1.165) is 0 Å². The second kappa shape index (κ2) is 6.45. The molecule has 0 radical (unpaired) electrons. The summed E-state index contributed by atoms with van der Waals surface area (Å²) < 4.78 is 0. The number of hydrogen-bond acceptors (Lipinski definition) is 1. The van der Waals surface area contributed by atoms with Crippen LogP contribution >= 0.6 is 0 Å². The molecule has 2 atom stereocenters. The van der Waals surface area contributed by atoms with Crippen molar-refractivity contribution in [3.8, 4) is 0 Å². The molecule has 3 aliphatic rings. The molecule has 1 N–H and O–H groups in total. The molecular weight excluding hydrogens is 368 g/mol. The molecule has 1 spiro atoms. The van der Waals surface area contributed by atoms with Crippen LogP contribution in [0.15, 0.2) is 42.5 Å². The van der Waals surface area contributed by atoms with Crippen molar-refractivity contribution in [3.63, 3.8) is 0 Å². The van der Waals surface area contributed by atoms with E-state index >= 15 is 0 Å². The van der Waals surface area contributed by atoms with Crippen LogP contribution in [-0.4, -0.2) is 11.1 Å². The lowest BCUT2D eigenvalue weighted by molar-refractivity contribution is 0.0697. The Labute approximate surface area is 180 Å². The largest absolute Gasteiger partial charge is 0.478 e. The number of carboxylic acids is 1. The molecule has 0 aliphatic heterocycles. The fourth-order valence-corrected chi connectivity index (χ4v) is 6.53. The first-order chi connectivity index (χ1) is 14.1. The van der Waals surface area contributed by atoms with Gasteiger partial charge in [-0.3, -0.25) is 0 Å². The van der Waals surface area contributed by atoms with E-state index in [1.54, 1.807) is 17.7 Å². The molecular formula is C28H34O2. The number of carboxylic acid groups (broad SMARTS) is 1. The monoisotopic (exact) mass is 402 g/mol. The van der Waals surface area contributed by atoms with Gasteiger partial charge in [0.1, 0.15) is 0 Å². The SMILES string of the molecule is CC1(C)CCC(C)(C)c2cc(C3C(c4ccc(C(=O)O)cc4)CCC34CC4)ccc21. The fourth-order valence-electron chi connectivity index (χ4n) is 6.53. The second-order valence-electron chi connectivity index (χ2n) is 11.5. The number of aromatic carboxylic acids is 1. The topological polar surface area (TPSA) is 37.3 Å². The normalized spacial score (nSPS) is 27.6. The van der Waals surface area contributed by atoms with Crippen LogP contribution in [0.5, 0.6) is 0 Å². The Morgan fingerprint density at radius 2 is 1.40 bits per heavy atom. The maximum atomic E-state index is 11.3. The van der Waals surface area contributed by atoms with Crippen molar-refractivity contribution in [2.45, 2.75) is 88.9 Å². The Balaban J connectivity index is 1.57. The van der Waals surface area contributed by atoms with Gasteiger partial charge in [0.25, 0.3) is 0 Å². The van der Waals surface area contributed by atoms with Gasteiger partial charge >= 0.3 is 5.97 Å². The molecule has 30 heavy (non-hydrogen) atoms. The lowest BCUT2D eigenvalue weighted by atomic mass is 9.62. The zero-order chi connectivity index (χ0) is 21.3. The van der Waals surface area contributed by atoms with Crippen molar-refractivity contribution in [1.29, 1.82) is 0 Å². The van der Waals surface area contributed by atoms with Crippen molar-refractivity contribution in [1.82, 2.24) is 0 Å². The summed E-state index contributed by atoms with van der Waals surface area (Å²) in [7, 11) is 0. The molecule has 2 fully saturated rings. The molecule has 3 aliphatic carbocycles. The van der Waals surface area contributed by atoms with Crippen molar-refractivity contribution < 1.29 is 9.90 Å². The molecule has 2 nitrogen and oxygen atoms in total. The van der Waals surface area contributed by atoms with Gasteiger partial charge in [0.05, 0.1) is 5.56 Å². The third kappa shape index (κ3) is 3.02. The summed E-state index contributed by atoms with van der Waals surface area (Å²) in [5.74, 6) is 0.204. The highest BCUT2D eigenvalue weighted by molar-refractivity contribution is 5.87. The molecule has 0 bridgehead atoms. The number of fused-ring (bicyclic) bond motifs is 1. The minimum absolute atomic E-state index is 0.231. The van der Waals surface area contributed by atoms with Crippen LogP contribution in [0, 0.1) is 5.41 Å². The average Bonchev–Trinajstić information content (AvgIpc) is 3.38. The predicted molar refractivity (Wildman–Crippen MR) is 122 cm³/mol. The standard InChI is InChI=1S/C28H34O2/c1-26(2)13-14-27(3,4)23-17-20(9-10-22(23)26)24-21(11-12-28(24)15-16-28)18-5-7-19(8-6-18)25(29)30/h5-10,17,21,24H,11-16H2,1-4H3,(H,29,30). The lowest BCUT2D eigenvalue weighted by Crippen LogP contribution is -2.34. The Bertz CT molecular complexity index is 992. The Kier molecular flexibility index (Phi) is 4.27.